The van der Waals surface area contributed by atoms with Gasteiger partial charge in [-0.15, -0.1) is 10.2 Å². The Labute approximate surface area is 213 Å². The number of benzene rings is 2. The number of ether oxygens (including phenoxy) is 3. The van der Waals surface area contributed by atoms with E-state index >= 15 is 0 Å². The minimum atomic E-state index is -0.644. The quantitative estimate of drug-likeness (QED) is 0.302. The van der Waals surface area contributed by atoms with Gasteiger partial charge in [0.05, 0.1) is 36.8 Å². The summed E-state index contributed by atoms with van der Waals surface area (Å²) in [6, 6.07) is 12.1. The lowest BCUT2D eigenvalue weighted by molar-refractivity contribution is -0.113. The third-order valence-corrected chi connectivity index (χ3v) is 6.23. The van der Waals surface area contributed by atoms with Gasteiger partial charge >= 0.3 is 11.9 Å². The zero-order valence-electron chi connectivity index (χ0n) is 20.6. The molecule has 3 rings (SSSR count). The van der Waals surface area contributed by atoms with E-state index in [1.165, 1.54) is 49.7 Å². The first-order valence-corrected chi connectivity index (χ1v) is 12.3. The summed E-state index contributed by atoms with van der Waals surface area (Å²) in [6.07, 6.45) is 0.958. The van der Waals surface area contributed by atoms with E-state index < -0.39 is 17.8 Å². The van der Waals surface area contributed by atoms with Crippen molar-refractivity contribution < 1.29 is 28.6 Å². The lowest BCUT2D eigenvalue weighted by Gasteiger charge is -2.12. The number of rotatable bonds is 11. The van der Waals surface area contributed by atoms with Crippen molar-refractivity contribution in [2.75, 3.05) is 25.3 Å². The van der Waals surface area contributed by atoms with Gasteiger partial charge in [-0.3, -0.25) is 4.79 Å². The standard InChI is InChI=1S/C25H28N4O6S/c1-5-16-7-10-18(11-8-16)35-14-21-27-28-25(29(21)6-2)36-15-22(30)26-20-13-17(23(31)33-3)9-12-19(20)24(32)34-4/h7-13H,5-6,14-15H2,1-4H3,(H,26,30). The van der Waals surface area contributed by atoms with Crippen LogP contribution in [0.1, 0.15) is 46.0 Å². The topological polar surface area (TPSA) is 122 Å². The van der Waals surface area contributed by atoms with Crippen LogP contribution in [0.15, 0.2) is 47.6 Å². The largest absolute Gasteiger partial charge is 0.486 e. The summed E-state index contributed by atoms with van der Waals surface area (Å²) in [7, 11) is 2.48. The molecule has 2 aromatic carbocycles. The minimum Gasteiger partial charge on any atom is -0.486 e. The molecule has 0 unspecified atom stereocenters. The van der Waals surface area contributed by atoms with E-state index in [4.69, 9.17) is 14.2 Å². The van der Waals surface area contributed by atoms with Crippen LogP contribution in [0.5, 0.6) is 5.75 Å². The molecule has 0 spiro atoms. The number of thioether (sulfide) groups is 1. The summed E-state index contributed by atoms with van der Waals surface area (Å²) >= 11 is 1.20. The maximum absolute atomic E-state index is 12.7. The lowest BCUT2D eigenvalue weighted by Crippen LogP contribution is -2.18. The van der Waals surface area contributed by atoms with Crippen LogP contribution >= 0.6 is 11.8 Å². The first-order valence-electron chi connectivity index (χ1n) is 11.3. The molecule has 1 N–H and O–H groups in total. The van der Waals surface area contributed by atoms with Crippen LogP contribution in [0, 0.1) is 0 Å². The summed E-state index contributed by atoms with van der Waals surface area (Å²) in [5.41, 5.74) is 1.68. The van der Waals surface area contributed by atoms with Crippen LogP contribution in [0.2, 0.25) is 0 Å². The number of anilines is 1. The van der Waals surface area contributed by atoms with Crippen LogP contribution in [0.25, 0.3) is 0 Å². The SMILES string of the molecule is CCc1ccc(OCc2nnc(SCC(=O)Nc3cc(C(=O)OC)ccc3C(=O)OC)n2CC)cc1. The third-order valence-electron chi connectivity index (χ3n) is 5.26. The average molecular weight is 513 g/mol. The van der Waals surface area contributed by atoms with Gasteiger partial charge in [0.15, 0.2) is 11.0 Å². The average Bonchev–Trinajstić information content (AvgIpc) is 3.31. The number of nitrogens with one attached hydrogen (secondary N) is 1. The first kappa shape index (κ1) is 26.7. The van der Waals surface area contributed by atoms with E-state index in [2.05, 4.69) is 22.4 Å². The number of hydrogen-bond donors (Lipinski definition) is 1. The molecule has 0 saturated heterocycles. The number of hydrogen-bond acceptors (Lipinski definition) is 9. The number of nitrogens with zero attached hydrogens (tertiary/aromatic N) is 3. The van der Waals surface area contributed by atoms with Gasteiger partial charge in [-0.05, 0) is 49.2 Å². The Kier molecular flexibility index (Phi) is 9.46. The molecule has 0 aliphatic heterocycles. The van der Waals surface area contributed by atoms with E-state index in [0.717, 1.165) is 12.2 Å². The first-order chi connectivity index (χ1) is 17.4. The third kappa shape index (κ3) is 6.63. The van der Waals surface area contributed by atoms with Gasteiger partial charge < -0.3 is 24.1 Å². The molecular weight excluding hydrogens is 484 g/mol. The van der Waals surface area contributed by atoms with Gasteiger partial charge in [-0.1, -0.05) is 30.8 Å². The fraction of sp³-hybridized carbons (Fsp3) is 0.320. The molecule has 0 fully saturated rings. The Bertz CT molecular complexity index is 1230. The predicted octanol–water partition coefficient (Wildman–Crippen LogP) is 3.74. The van der Waals surface area contributed by atoms with Crippen LogP contribution in [-0.4, -0.2) is 52.6 Å². The van der Waals surface area contributed by atoms with E-state index in [1.54, 1.807) is 0 Å². The van der Waals surface area contributed by atoms with Gasteiger partial charge in [0, 0.05) is 6.54 Å². The summed E-state index contributed by atoms with van der Waals surface area (Å²) in [5, 5.41) is 11.6. The highest BCUT2D eigenvalue weighted by Gasteiger charge is 2.19. The van der Waals surface area contributed by atoms with E-state index in [-0.39, 0.29) is 29.2 Å². The number of carbonyl (C=O) groups is 3. The lowest BCUT2D eigenvalue weighted by atomic mass is 10.1. The van der Waals surface area contributed by atoms with Crippen molar-refractivity contribution in [2.45, 2.75) is 38.6 Å². The molecule has 10 nitrogen and oxygen atoms in total. The molecule has 1 aromatic heterocycles. The summed E-state index contributed by atoms with van der Waals surface area (Å²) in [5.74, 6) is -0.259. The van der Waals surface area contributed by atoms with Gasteiger partial charge in [-0.2, -0.15) is 0 Å². The molecule has 36 heavy (non-hydrogen) atoms. The van der Waals surface area contributed by atoms with E-state index in [0.29, 0.717) is 17.5 Å². The van der Waals surface area contributed by atoms with Crippen molar-refractivity contribution in [3.8, 4) is 5.75 Å². The second-order valence-electron chi connectivity index (χ2n) is 7.51. The normalized spacial score (nSPS) is 10.6. The zero-order valence-corrected chi connectivity index (χ0v) is 21.4. The summed E-state index contributed by atoms with van der Waals surface area (Å²) in [6.45, 7) is 4.88. The monoisotopic (exact) mass is 512 g/mol. The van der Waals surface area contributed by atoms with Gasteiger partial charge in [0.1, 0.15) is 12.4 Å². The predicted molar refractivity (Wildman–Crippen MR) is 134 cm³/mol. The van der Waals surface area contributed by atoms with Crippen molar-refractivity contribution in [3.05, 3.63) is 65.0 Å². The smallest absolute Gasteiger partial charge is 0.339 e. The minimum absolute atomic E-state index is 0.000531. The molecule has 190 valence electrons. The molecule has 0 bridgehead atoms. The Hall–Kier alpha value is -3.86. The maximum atomic E-state index is 12.7. The fourth-order valence-corrected chi connectivity index (χ4v) is 4.14. The second kappa shape index (κ2) is 12.7. The van der Waals surface area contributed by atoms with Crippen LogP contribution in [0.4, 0.5) is 5.69 Å². The summed E-state index contributed by atoms with van der Waals surface area (Å²) in [4.78, 5) is 36.7. The highest BCUT2D eigenvalue weighted by atomic mass is 32.2. The van der Waals surface area contributed by atoms with Gasteiger partial charge in [0.25, 0.3) is 0 Å². The number of aryl methyl sites for hydroxylation is 1. The summed E-state index contributed by atoms with van der Waals surface area (Å²) < 4.78 is 17.2. The molecule has 0 radical (unpaired) electrons. The molecule has 0 saturated carbocycles. The Balaban J connectivity index is 1.66. The number of carbonyl (C=O) groups excluding carboxylic acids is 3. The van der Waals surface area contributed by atoms with Crippen molar-refractivity contribution in [1.82, 2.24) is 14.8 Å². The second-order valence-corrected chi connectivity index (χ2v) is 8.45. The number of aromatic nitrogens is 3. The molecule has 0 aliphatic carbocycles. The fourth-order valence-electron chi connectivity index (χ4n) is 3.32. The molecular formula is C25H28N4O6S. The highest BCUT2D eigenvalue weighted by Crippen LogP contribution is 2.22. The molecule has 3 aromatic rings. The molecule has 11 heteroatoms. The van der Waals surface area contributed by atoms with Crippen molar-refractivity contribution in [2.24, 2.45) is 0 Å². The zero-order chi connectivity index (χ0) is 26.1. The number of esters is 2. The van der Waals surface area contributed by atoms with E-state index in [9.17, 15) is 14.4 Å². The molecule has 0 aliphatic rings. The molecule has 0 atom stereocenters. The maximum Gasteiger partial charge on any atom is 0.339 e. The highest BCUT2D eigenvalue weighted by molar-refractivity contribution is 7.99. The van der Waals surface area contributed by atoms with Crippen molar-refractivity contribution >= 4 is 35.3 Å². The van der Waals surface area contributed by atoms with Gasteiger partial charge in [0.2, 0.25) is 5.91 Å². The van der Waals surface area contributed by atoms with Crippen LogP contribution < -0.4 is 10.1 Å². The molecule has 1 heterocycles. The Morgan fingerprint density at radius 3 is 2.33 bits per heavy atom. The van der Waals surface area contributed by atoms with Crippen molar-refractivity contribution in [3.63, 3.8) is 0 Å². The number of methoxy groups -OCH3 is 2. The Morgan fingerprint density at radius 1 is 0.972 bits per heavy atom. The Morgan fingerprint density at radius 2 is 1.69 bits per heavy atom. The van der Waals surface area contributed by atoms with Gasteiger partial charge in [-0.25, -0.2) is 9.59 Å². The number of amides is 1. The van der Waals surface area contributed by atoms with Crippen molar-refractivity contribution in [1.29, 1.82) is 0 Å². The van der Waals surface area contributed by atoms with Crippen LogP contribution in [0.3, 0.4) is 0 Å². The van der Waals surface area contributed by atoms with E-state index in [1.807, 2.05) is 35.8 Å². The van der Waals surface area contributed by atoms with Crippen LogP contribution in [-0.2, 0) is 33.8 Å². The molecule has 1 amide bonds.